The molecule has 1 atom stereocenters. The summed E-state index contributed by atoms with van der Waals surface area (Å²) in [6.07, 6.45) is 8.14. The summed E-state index contributed by atoms with van der Waals surface area (Å²) in [5.74, 6) is -0.0745. The molecule has 1 aliphatic heterocycles. The van der Waals surface area contributed by atoms with E-state index in [4.69, 9.17) is 4.74 Å². The first kappa shape index (κ1) is 21.1. The van der Waals surface area contributed by atoms with Crippen molar-refractivity contribution in [3.05, 3.63) is 54.4 Å². The molecule has 1 aromatic carbocycles. The molecule has 1 amide bonds. The van der Waals surface area contributed by atoms with Gasteiger partial charge in [0.05, 0.1) is 12.0 Å². The Hall–Kier alpha value is -2.63. The molecule has 0 spiro atoms. The monoisotopic (exact) mass is 397 g/mol. The van der Waals surface area contributed by atoms with Gasteiger partial charge < -0.3 is 9.64 Å². The number of aryl methyl sites for hydroxylation is 2. The maximum atomic E-state index is 12.9. The van der Waals surface area contributed by atoms with E-state index < -0.39 is 5.41 Å². The molecule has 0 radical (unpaired) electrons. The van der Waals surface area contributed by atoms with E-state index in [2.05, 4.69) is 17.2 Å². The van der Waals surface area contributed by atoms with Crippen molar-refractivity contribution in [1.82, 2.24) is 14.7 Å². The molecule has 2 aromatic rings. The first-order valence-electron chi connectivity index (χ1n) is 10.6. The van der Waals surface area contributed by atoms with Crippen molar-refractivity contribution in [2.75, 3.05) is 19.7 Å². The normalized spacial score (nSPS) is 19.1. The SMILES string of the molecule is CCOC(=O)[C@]1(CCCc2ccccc2)CCCN(C(=O)CCn2cccn2)C1. The van der Waals surface area contributed by atoms with Crippen LogP contribution in [0.4, 0.5) is 0 Å². The number of esters is 1. The highest BCUT2D eigenvalue weighted by atomic mass is 16.5. The van der Waals surface area contributed by atoms with Gasteiger partial charge in [0.2, 0.25) is 5.91 Å². The second kappa shape index (κ2) is 10.2. The van der Waals surface area contributed by atoms with Crippen LogP contribution in [0.1, 0.15) is 44.6 Å². The van der Waals surface area contributed by atoms with Crippen molar-refractivity contribution in [3.8, 4) is 0 Å². The van der Waals surface area contributed by atoms with Gasteiger partial charge in [-0.1, -0.05) is 30.3 Å². The van der Waals surface area contributed by atoms with E-state index in [1.165, 1.54) is 5.56 Å². The number of piperidine rings is 1. The standard InChI is InChI=1S/C23H31N3O3/c1-2-29-22(28)23(13-6-11-20-9-4-3-5-10-20)14-7-16-25(19-23)21(27)12-18-26-17-8-15-24-26/h3-5,8-10,15,17H,2,6-7,11-14,16,18-19H2,1H3/t23-/m1/s1. The fourth-order valence-electron chi connectivity index (χ4n) is 4.18. The van der Waals surface area contributed by atoms with Crippen molar-refractivity contribution in [3.63, 3.8) is 0 Å². The Morgan fingerprint density at radius 3 is 2.76 bits per heavy atom. The molecule has 2 heterocycles. The minimum Gasteiger partial charge on any atom is -0.466 e. The number of aromatic nitrogens is 2. The summed E-state index contributed by atoms with van der Waals surface area (Å²) < 4.78 is 7.21. The van der Waals surface area contributed by atoms with Gasteiger partial charge in [0.15, 0.2) is 0 Å². The predicted molar refractivity (Wildman–Crippen MR) is 111 cm³/mol. The quantitative estimate of drug-likeness (QED) is 0.608. The Morgan fingerprint density at radius 2 is 2.03 bits per heavy atom. The number of carbonyl (C=O) groups is 2. The largest absolute Gasteiger partial charge is 0.466 e. The van der Waals surface area contributed by atoms with Crippen molar-refractivity contribution in [2.24, 2.45) is 5.41 Å². The van der Waals surface area contributed by atoms with Crippen LogP contribution < -0.4 is 0 Å². The lowest BCUT2D eigenvalue weighted by Crippen LogP contribution is -2.50. The molecule has 1 fully saturated rings. The van der Waals surface area contributed by atoms with Crippen LogP contribution in [0.5, 0.6) is 0 Å². The van der Waals surface area contributed by atoms with E-state index in [1.807, 2.05) is 42.3 Å². The van der Waals surface area contributed by atoms with Gasteiger partial charge in [0, 0.05) is 38.4 Å². The van der Waals surface area contributed by atoms with Crippen LogP contribution in [-0.2, 0) is 27.3 Å². The molecule has 1 aliphatic rings. The molecule has 3 rings (SSSR count). The second-order valence-corrected chi connectivity index (χ2v) is 7.78. The average molecular weight is 398 g/mol. The lowest BCUT2D eigenvalue weighted by Gasteiger charge is -2.41. The summed E-state index contributed by atoms with van der Waals surface area (Å²) in [6.45, 7) is 3.93. The number of likely N-dealkylation sites (tertiary alicyclic amines) is 1. The zero-order valence-corrected chi connectivity index (χ0v) is 17.3. The number of carbonyl (C=O) groups excluding carboxylic acids is 2. The van der Waals surface area contributed by atoms with Gasteiger partial charge in [-0.15, -0.1) is 0 Å². The first-order chi connectivity index (χ1) is 14.1. The Bertz CT molecular complexity index is 776. The molecule has 0 unspecified atom stereocenters. The van der Waals surface area contributed by atoms with Crippen LogP contribution in [0.25, 0.3) is 0 Å². The van der Waals surface area contributed by atoms with Crippen molar-refractivity contribution in [1.29, 1.82) is 0 Å². The minimum atomic E-state index is -0.593. The van der Waals surface area contributed by atoms with E-state index in [0.717, 1.165) is 32.1 Å². The summed E-state index contributed by atoms with van der Waals surface area (Å²) in [5.41, 5.74) is 0.680. The molecular weight excluding hydrogens is 366 g/mol. The van der Waals surface area contributed by atoms with Crippen LogP contribution in [0.15, 0.2) is 48.8 Å². The average Bonchev–Trinajstić information content (AvgIpc) is 3.27. The van der Waals surface area contributed by atoms with Crippen LogP contribution in [0, 0.1) is 5.41 Å². The molecule has 156 valence electrons. The highest BCUT2D eigenvalue weighted by Crippen LogP contribution is 2.37. The fourth-order valence-corrected chi connectivity index (χ4v) is 4.18. The zero-order chi connectivity index (χ0) is 20.5. The number of ether oxygens (including phenoxy) is 1. The van der Waals surface area contributed by atoms with Gasteiger partial charge in [-0.2, -0.15) is 5.10 Å². The Morgan fingerprint density at radius 1 is 1.21 bits per heavy atom. The summed E-state index contributed by atoms with van der Waals surface area (Å²) in [4.78, 5) is 27.5. The fraction of sp³-hybridized carbons (Fsp3) is 0.522. The number of nitrogens with zero attached hydrogens (tertiary/aromatic N) is 3. The number of rotatable bonds is 9. The van der Waals surface area contributed by atoms with Gasteiger partial charge >= 0.3 is 5.97 Å². The number of hydrogen-bond donors (Lipinski definition) is 0. The third-order valence-corrected chi connectivity index (χ3v) is 5.72. The van der Waals surface area contributed by atoms with E-state index in [-0.39, 0.29) is 11.9 Å². The first-order valence-corrected chi connectivity index (χ1v) is 10.6. The molecule has 6 heteroatoms. The van der Waals surface area contributed by atoms with Crippen LogP contribution in [0.3, 0.4) is 0 Å². The molecular formula is C23H31N3O3. The lowest BCUT2D eigenvalue weighted by molar-refractivity contribution is -0.161. The molecule has 29 heavy (non-hydrogen) atoms. The van der Waals surface area contributed by atoms with Gasteiger partial charge in [-0.25, -0.2) is 0 Å². The molecule has 0 bridgehead atoms. The molecule has 6 nitrogen and oxygen atoms in total. The summed E-state index contributed by atoms with van der Waals surface area (Å²) >= 11 is 0. The maximum Gasteiger partial charge on any atom is 0.313 e. The maximum absolute atomic E-state index is 12.9. The lowest BCUT2D eigenvalue weighted by atomic mass is 9.75. The van der Waals surface area contributed by atoms with Gasteiger partial charge in [-0.3, -0.25) is 14.3 Å². The zero-order valence-electron chi connectivity index (χ0n) is 17.3. The smallest absolute Gasteiger partial charge is 0.313 e. The minimum absolute atomic E-state index is 0.0805. The Balaban J connectivity index is 1.62. The van der Waals surface area contributed by atoms with E-state index in [9.17, 15) is 9.59 Å². The summed E-state index contributed by atoms with van der Waals surface area (Å²) in [5, 5.41) is 4.16. The highest BCUT2D eigenvalue weighted by Gasteiger charge is 2.44. The van der Waals surface area contributed by atoms with Gasteiger partial charge in [-0.05, 0) is 50.7 Å². The third-order valence-electron chi connectivity index (χ3n) is 5.72. The van der Waals surface area contributed by atoms with E-state index in [1.54, 1.807) is 10.9 Å². The molecule has 0 aliphatic carbocycles. The van der Waals surface area contributed by atoms with Crippen LogP contribution in [0.2, 0.25) is 0 Å². The van der Waals surface area contributed by atoms with Crippen LogP contribution >= 0.6 is 0 Å². The van der Waals surface area contributed by atoms with Crippen molar-refractivity contribution in [2.45, 2.75) is 52.0 Å². The van der Waals surface area contributed by atoms with Gasteiger partial charge in [0.25, 0.3) is 0 Å². The van der Waals surface area contributed by atoms with E-state index >= 15 is 0 Å². The van der Waals surface area contributed by atoms with Gasteiger partial charge in [0.1, 0.15) is 0 Å². The molecule has 0 saturated carbocycles. The Labute approximate surface area is 172 Å². The van der Waals surface area contributed by atoms with E-state index in [0.29, 0.717) is 32.7 Å². The van der Waals surface area contributed by atoms with Crippen molar-refractivity contribution >= 4 is 11.9 Å². The summed E-state index contributed by atoms with van der Waals surface area (Å²) in [7, 11) is 0. The second-order valence-electron chi connectivity index (χ2n) is 7.78. The summed E-state index contributed by atoms with van der Waals surface area (Å²) in [6, 6.07) is 12.2. The molecule has 0 N–H and O–H groups in total. The predicted octanol–water partition coefficient (Wildman–Crippen LogP) is 3.47. The number of hydrogen-bond acceptors (Lipinski definition) is 4. The topological polar surface area (TPSA) is 64.4 Å². The van der Waals surface area contributed by atoms with Crippen molar-refractivity contribution < 1.29 is 14.3 Å². The molecule has 1 saturated heterocycles. The highest BCUT2D eigenvalue weighted by molar-refractivity contribution is 5.80. The third kappa shape index (κ3) is 5.68. The number of amides is 1. The molecule has 1 aromatic heterocycles. The number of benzene rings is 1. The van der Waals surface area contributed by atoms with Crippen LogP contribution in [-0.4, -0.2) is 46.3 Å². The Kier molecular flexibility index (Phi) is 7.44.